The molecule has 2 atom stereocenters. The highest BCUT2D eigenvalue weighted by Crippen LogP contribution is 2.29. The molecule has 0 bridgehead atoms. The Morgan fingerprint density at radius 1 is 1.50 bits per heavy atom. The molecule has 2 aliphatic heterocycles. The minimum absolute atomic E-state index is 0.0489. The predicted octanol–water partition coefficient (Wildman–Crippen LogP) is 0.542. The van der Waals surface area contributed by atoms with Crippen molar-refractivity contribution in [2.45, 2.75) is 18.9 Å². The Balaban J connectivity index is 1.83. The predicted molar refractivity (Wildman–Crippen MR) is 65.5 cm³/mol. The van der Waals surface area contributed by atoms with E-state index in [1.807, 2.05) is 0 Å². The van der Waals surface area contributed by atoms with Gasteiger partial charge in [0, 0.05) is 13.1 Å². The molecule has 2 unspecified atom stereocenters. The lowest BCUT2D eigenvalue weighted by Crippen LogP contribution is -2.48. The fraction of sp³-hybridized carbons (Fsp3) is 0.600. The number of nitrogens with zero attached hydrogens (tertiary/aromatic N) is 3. The van der Waals surface area contributed by atoms with E-state index < -0.39 is 0 Å². The van der Waals surface area contributed by atoms with E-state index in [9.17, 15) is 9.59 Å². The first-order valence-corrected chi connectivity index (χ1v) is 6.94. The molecule has 0 aliphatic carbocycles. The molecule has 8 heteroatoms. The van der Waals surface area contributed by atoms with Crippen LogP contribution < -0.4 is 5.32 Å². The SMILES string of the molecule is O=C1NCC2C1CCCN2C(=O)c1nnc(Cl)s1. The van der Waals surface area contributed by atoms with E-state index in [0.717, 1.165) is 24.2 Å². The number of halogens is 1. The third-order valence-corrected chi connectivity index (χ3v) is 4.45. The lowest BCUT2D eigenvalue weighted by molar-refractivity contribution is -0.123. The van der Waals surface area contributed by atoms with Crippen LogP contribution in [0.25, 0.3) is 0 Å². The number of nitrogens with one attached hydrogen (secondary N) is 1. The van der Waals surface area contributed by atoms with Gasteiger partial charge in [-0.25, -0.2) is 0 Å². The maximum Gasteiger partial charge on any atom is 0.285 e. The van der Waals surface area contributed by atoms with Gasteiger partial charge in [0.15, 0.2) is 0 Å². The number of piperidine rings is 1. The third kappa shape index (κ3) is 1.87. The first-order chi connectivity index (χ1) is 8.66. The highest BCUT2D eigenvalue weighted by molar-refractivity contribution is 7.17. The molecule has 1 aromatic rings. The van der Waals surface area contributed by atoms with Crippen molar-refractivity contribution in [3.63, 3.8) is 0 Å². The van der Waals surface area contributed by atoms with Crippen molar-refractivity contribution in [3.05, 3.63) is 9.47 Å². The third-order valence-electron chi connectivity index (χ3n) is 3.45. The lowest BCUT2D eigenvalue weighted by Gasteiger charge is -2.35. The number of fused-ring (bicyclic) bond motifs is 1. The van der Waals surface area contributed by atoms with Gasteiger partial charge in [0.1, 0.15) is 0 Å². The summed E-state index contributed by atoms with van der Waals surface area (Å²) in [5.41, 5.74) is 0. The van der Waals surface area contributed by atoms with Gasteiger partial charge in [0.25, 0.3) is 5.91 Å². The molecule has 2 amide bonds. The van der Waals surface area contributed by atoms with Crippen molar-refractivity contribution in [2.24, 2.45) is 5.92 Å². The van der Waals surface area contributed by atoms with Gasteiger partial charge in [-0.1, -0.05) is 11.3 Å². The highest BCUT2D eigenvalue weighted by atomic mass is 35.5. The number of hydrogen-bond acceptors (Lipinski definition) is 5. The Morgan fingerprint density at radius 3 is 3.06 bits per heavy atom. The van der Waals surface area contributed by atoms with Crippen LogP contribution in [0.15, 0.2) is 0 Å². The average Bonchev–Trinajstić information content (AvgIpc) is 2.96. The maximum atomic E-state index is 12.3. The van der Waals surface area contributed by atoms with E-state index in [4.69, 9.17) is 11.6 Å². The van der Waals surface area contributed by atoms with Crippen LogP contribution >= 0.6 is 22.9 Å². The van der Waals surface area contributed by atoms with Gasteiger partial charge in [-0.05, 0) is 24.4 Å². The highest BCUT2D eigenvalue weighted by Gasteiger charge is 2.43. The molecule has 2 saturated heterocycles. The minimum atomic E-state index is -0.175. The monoisotopic (exact) mass is 286 g/mol. The van der Waals surface area contributed by atoms with E-state index >= 15 is 0 Å². The van der Waals surface area contributed by atoms with E-state index in [0.29, 0.717) is 18.1 Å². The summed E-state index contributed by atoms with van der Waals surface area (Å²) in [6.45, 7) is 1.19. The zero-order chi connectivity index (χ0) is 12.7. The molecule has 0 spiro atoms. The summed E-state index contributed by atoms with van der Waals surface area (Å²) in [6.07, 6.45) is 1.68. The quantitative estimate of drug-likeness (QED) is 0.818. The van der Waals surface area contributed by atoms with Gasteiger partial charge in [0.2, 0.25) is 15.4 Å². The summed E-state index contributed by atoms with van der Waals surface area (Å²) >= 11 is 6.76. The molecule has 18 heavy (non-hydrogen) atoms. The van der Waals surface area contributed by atoms with Crippen molar-refractivity contribution < 1.29 is 9.59 Å². The Hall–Kier alpha value is -1.21. The smallest absolute Gasteiger partial charge is 0.285 e. The molecule has 0 saturated carbocycles. The number of rotatable bonds is 1. The van der Waals surface area contributed by atoms with E-state index in [1.165, 1.54) is 0 Å². The Labute approximate surface area is 112 Å². The molecule has 1 N–H and O–H groups in total. The van der Waals surface area contributed by atoms with Gasteiger partial charge in [-0.2, -0.15) is 0 Å². The second-order valence-corrected chi connectivity index (χ2v) is 5.98. The molecule has 0 radical (unpaired) electrons. The van der Waals surface area contributed by atoms with E-state index in [1.54, 1.807) is 4.90 Å². The normalized spacial score (nSPS) is 26.9. The Kier molecular flexibility index (Phi) is 2.95. The topological polar surface area (TPSA) is 75.2 Å². The number of likely N-dealkylation sites (tertiary alicyclic amines) is 1. The maximum absolute atomic E-state index is 12.3. The van der Waals surface area contributed by atoms with E-state index in [-0.39, 0.29) is 28.2 Å². The van der Waals surface area contributed by atoms with Gasteiger partial charge in [-0.3, -0.25) is 9.59 Å². The first-order valence-electron chi connectivity index (χ1n) is 5.74. The van der Waals surface area contributed by atoms with Gasteiger partial charge in [-0.15, -0.1) is 10.2 Å². The summed E-state index contributed by atoms with van der Waals surface area (Å²) in [7, 11) is 0. The number of aromatic nitrogens is 2. The Morgan fingerprint density at radius 2 is 2.33 bits per heavy atom. The number of carbonyl (C=O) groups excluding carboxylic acids is 2. The summed E-state index contributed by atoms with van der Waals surface area (Å²) in [6, 6.07) is -0.0542. The van der Waals surface area contributed by atoms with E-state index in [2.05, 4.69) is 15.5 Å². The van der Waals surface area contributed by atoms with Crippen LogP contribution in [0, 0.1) is 5.92 Å². The fourth-order valence-corrected chi connectivity index (χ4v) is 3.40. The molecule has 2 fully saturated rings. The molecule has 2 aliphatic rings. The summed E-state index contributed by atoms with van der Waals surface area (Å²) in [4.78, 5) is 25.6. The fourth-order valence-electron chi connectivity index (χ4n) is 2.62. The van der Waals surface area contributed by atoms with Gasteiger partial charge in [0.05, 0.1) is 12.0 Å². The number of carbonyl (C=O) groups is 2. The van der Waals surface area contributed by atoms with Gasteiger partial charge >= 0.3 is 0 Å². The van der Waals surface area contributed by atoms with Crippen molar-refractivity contribution in [3.8, 4) is 0 Å². The zero-order valence-electron chi connectivity index (χ0n) is 9.43. The molecule has 96 valence electrons. The second-order valence-electron chi connectivity index (χ2n) is 4.42. The first kappa shape index (κ1) is 11.9. The van der Waals surface area contributed by atoms with Crippen LogP contribution in [0.3, 0.4) is 0 Å². The summed E-state index contributed by atoms with van der Waals surface area (Å²) in [5.74, 6) is -0.204. The number of amides is 2. The molecule has 0 aromatic carbocycles. The minimum Gasteiger partial charge on any atom is -0.354 e. The molecule has 6 nitrogen and oxygen atoms in total. The average molecular weight is 287 g/mol. The van der Waals surface area contributed by atoms with Crippen LogP contribution in [-0.4, -0.2) is 46.0 Å². The van der Waals surface area contributed by atoms with Crippen LogP contribution in [0.4, 0.5) is 0 Å². The zero-order valence-corrected chi connectivity index (χ0v) is 11.0. The van der Waals surface area contributed by atoms with Crippen molar-refractivity contribution in [1.82, 2.24) is 20.4 Å². The summed E-state index contributed by atoms with van der Waals surface area (Å²) < 4.78 is 0.257. The van der Waals surface area contributed by atoms with Crippen LogP contribution in [0.1, 0.15) is 22.6 Å². The van der Waals surface area contributed by atoms with Crippen LogP contribution in [0.2, 0.25) is 4.47 Å². The molecule has 3 heterocycles. The van der Waals surface area contributed by atoms with Crippen LogP contribution in [0.5, 0.6) is 0 Å². The Bertz CT molecular complexity index is 506. The van der Waals surface area contributed by atoms with Crippen molar-refractivity contribution >= 4 is 34.8 Å². The molecular formula is C10H11ClN4O2S. The standard InChI is InChI=1S/C10H11ClN4O2S/c11-10-14-13-8(18-10)9(17)15-3-1-2-5-6(15)4-12-7(5)16/h5-6H,1-4H2,(H,12,16). The summed E-state index contributed by atoms with van der Waals surface area (Å²) in [5, 5.41) is 10.5. The lowest BCUT2D eigenvalue weighted by atomic mass is 9.91. The molecule has 3 rings (SSSR count). The van der Waals surface area contributed by atoms with Crippen molar-refractivity contribution in [2.75, 3.05) is 13.1 Å². The van der Waals surface area contributed by atoms with Crippen LogP contribution in [-0.2, 0) is 4.79 Å². The molecular weight excluding hydrogens is 276 g/mol. The van der Waals surface area contributed by atoms with Crippen molar-refractivity contribution in [1.29, 1.82) is 0 Å². The molecule has 1 aromatic heterocycles. The largest absolute Gasteiger partial charge is 0.354 e. The van der Waals surface area contributed by atoms with Gasteiger partial charge < -0.3 is 10.2 Å². The number of hydrogen-bond donors (Lipinski definition) is 1. The second kappa shape index (κ2) is 4.47.